The first-order chi connectivity index (χ1) is 7.72. The third-order valence-corrected chi connectivity index (χ3v) is 2.59. The fraction of sp³-hybridized carbons (Fsp3) is 0.500. The second-order valence-electron chi connectivity index (χ2n) is 4.24. The van der Waals surface area contributed by atoms with Crippen molar-refractivity contribution in [1.82, 2.24) is 5.32 Å². The zero-order valence-corrected chi connectivity index (χ0v) is 10.2. The van der Waals surface area contributed by atoms with Crippen LogP contribution in [0.3, 0.4) is 0 Å². The van der Waals surface area contributed by atoms with E-state index < -0.39 is 0 Å². The summed E-state index contributed by atoms with van der Waals surface area (Å²) in [6.45, 7) is 4.09. The van der Waals surface area contributed by atoms with E-state index in [2.05, 4.69) is 36.5 Å². The number of hydrogen-bond acceptors (Lipinski definition) is 1. The number of carbonyl (C=O) groups is 1. The van der Waals surface area contributed by atoms with E-state index >= 15 is 0 Å². The topological polar surface area (TPSA) is 29.1 Å². The Kier molecular flexibility index (Phi) is 5.62. The molecule has 2 nitrogen and oxygen atoms in total. The third-order valence-electron chi connectivity index (χ3n) is 2.59. The molecule has 2 heteroatoms. The Hall–Kier alpha value is -1.31. The molecule has 1 aromatic rings. The van der Waals surface area contributed by atoms with E-state index in [0.29, 0.717) is 6.42 Å². The molecule has 0 bridgehead atoms. The van der Waals surface area contributed by atoms with E-state index in [1.54, 1.807) is 0 Å². The van der Waals surface area contributed by atoms with Gasteiger partial charge in [-0.3, -0.25) is 4.79 Å². The van der Waals surface area contributed by atoms with Crippen molar-refractivity contribution >= 4 is 5.91 Å². The standard InChI is InChI=1S/C14H21NO/c1-3-7-14(16)15-12(2)10-11-13-8-5-4-6-9-13/h4-6,8-9,12H,3,7,10-11H2,1-2H3,(H,15,16). The van der Waals surface area contributed by atoms with Crippen LogP contribution < -0.4 is 5.32 Å². The van der Waals surface area contributed by atoms with Crippen LogP contribution in [0.15, 0.2) is 30.3 Å². The highest BCUT2D eigenvalue weighted by Gasteiger charge is 2.06. The smallest absolute Gasteiger partial charge is 0.220 e. The van der Waals surface area contributed by atoms with Gasteiger partial charge in [0.25, 0.3) is 0 Å². The zero-order valence-electron chi connectivity index (χ0n) is 10.2. The summed E-state index contributed by atoms with van der Waals surface area (Å²) in [6, 6.07) is 10.6. The molecule has 0 aliphatic heterocycles. The molecular weight excluding hydrogens is 198 g/mol. The normalized spacial score (nSPS) is 12.1. The first-order valence-electron chi connectivity index (χ1n) is 6.05. The quantitative estimate of drug-likeness (QED) is 0.783. The van der Waals surface area contributed by atoms with Crippen LogP contribution in [0.2, 0.25) is 0 Å². The molecule has 0 saturated heterocycles. The van der Waals surface area contributed by atoms with Crippen molar-refractivity contribution in [1.29, 1.82) is 0 Å². The molecular formula is C14H21NO. The Balaban J connectivity index is 2.25. The fourth-order valence-electron chi connectivity index (χ4n) is 1.67. The maximum Gasteiger partial charge on any atom is 0.220 e. The summed E-state index contributed by atoms with van der Waals surface area (Å²) in [4.78, 5) is 11.4. The molecule has 0 fully saturated rings. The first-order valence-corrected chi connectivity index (χ1v) is 6.05. The highest BCUT2D eigenvalue weighted by molar-refractivity contribution is 5.76. The number of hydrogen-bond donors (Lipinski definition) is 1. The van der Waals surface area contributed by atoms with Gasteiger partial charge < -0.3 is 5.32 Å². The fourth-order valence-corrected chi connectivity index (χ4v) is 1.67. The average molecular weight is 219 g/mol. The van der Waals surface area contributed by atoms with Crippen molar-refractivity contribution in [2.45, 2.75) is 45.6 Å². The summed E-state index contributed by atoms with van der Waals surface area (Å²) >= 11 is 0. The maximum absolute atomic E-state index is 11.4. The summed E-state index contributed by atoms with van der Waals surface area (Å²) in [6.07, 6.45) is 3.57. The molecule has 0 aliphatic rings. The predicted molar refractivity (Wildman–Crippen MR) is 67.3 cm³/mol. The Morgan fingerprint density at radius 1 is 1.31 bits per heavy atom. The van der Waals surface area contributed by atoms with Gasteiger partial charge in [-0.25, -0.2) is 0 Å². The summed E-state index contributed by atoms with van der Waals surface area (Å²) in [5, 5.41) is 3.01. The van der Waals surface area contributed by atoms with Crippen molar-refractivity contribution in [2.24, 2.45) is 0 Å². The Labute approximate surface area is 98.1 Å². The third kappa shape index (κ3) is 4.96. The minimum absolute atomic E-state index is 0.170. The van der Waals surface area contributed by atoms with E-state index in [9.17, 15) is 4.79 Å². The number of carbonyl (C=O) groups excluding carboxylic acids is 1. The molecule has 0 radical (unpaired) electrons. The number of nitrogens with one attached hydrogen (secondary N) is 1. The van der Waals surface area contributed by atoms with Crippen molar-refractivity contribution in [2.75, 3.05) is 0 Å². The summed E-state index contributed by atoms with van der Waals surface area (Å²) in [5.74, 6) is 0.170. The van der Waals surface area contributed by atoms with E-state index in [4.69, 9.17) is 0 Å². The number of amides is 1. The van der Waals surface area contributed by atoms with Crippen molar-refractivity contribution in [3.05, 3.63) is 35.9 Å². The Morgan fingerprint density at radius 2 is 2.00 bits per heavy atom. The van der Waals surface area contributed by atoms with Gasteiger partial charge in [0.05, 0.1) is 0 Å². The van der Waals surface area contributed by atoms with Crippen LogP contribution in [0, 0.1) is 0 Å². The largest absolute Gasteiger partial charge is 0.354 e. The highest BCUT2D eigenvalue weighted by Crippen LogP contribution is 2.04. The van der Waals surface area contributed by atoms with Gasteiger partial charge in [0.2, 0.25) is 5.91 Å². The minimum atomic E-state index is 0.170. The molecule has 1 N–H and O–H groups in total. The minimum Gasteiger partial charge on any atom is -0.354 e. The van der Waals surface area contributed by atoms with Crippen molar-refractivity contribution in [3.63, 3.8) is 0 Å². The molecule has 0 aliphatic carbocycles. The lowest BCUT2D eigenvalue weighted by Crippen LogP contribution is -2.32. The van der Waals surface area contributed by atoms with Gasteiger partial charge in [0, 0.05) is 12.5 Å². The first kappa shape index (κ1) is 12.8. The van der Waals surface area contributed by atoms with Crippen LogP contribution in [0.5, 0.6) is 0 Å². The van der Waals surface area contributed by atoms with Gasteiger partial charge in [0.1, 0.15) is 0 Å². The number of aryl methyl sites for hydroxylation is 1. The molecule has 1 amide bonds. The van der Waals surface area contributed by atoms with E-state index in [-0.39, 0.29) is 11.9 Å². The Bertz CT molecular complexity index is 308. The van der Waals surface area contributed by atoms with Crippen LogP contribution >= 0.6 is 0 Å². The highest BCUT2D eigenvalue weighted by atomic mass is 16.1. The molecule has 88 valence electrons. The lowest BCUT2D eigenvalue weighted by molar-refractivity contribution is -0.121. The molecule has 16 heavy (non-hydrogen) atoms. The van der Waals surface area contributed by atoms with Gasteiger partial charge in [-0.15, -0.1) is 0 Å². The van der Waals surface area contributed by atoms with Crippen LogP contribution in [-0.4, -0.2) is 11.9 Å². The van der Waals surface area contributed by atoms with Gasteiger partial charge in [-0.2, -0.15) is 0 Å². The molecule has 0 spiro atoms. The van der Waals surface area contributed by atoms with Crippen LogP contribution in [0.1, 0.15) is 38.7 Å². The monoisotopic (exact) mass is 219 g/mol. The van der Waals surface area contributed by atoms with E-state index in [0.717, 1.165) is 19.3 Å². The molecule has 0 aromatic heterocycles. The lowest BCUT2D eigenvalue weighted by atomic mass is 10.1. The second kappa shape index (κ2) is 7.04. The molecule has 0 saturated carbocycles. The second-order valence-corrected chi connectivity index (χ2v) is 4.24. The number of benzene rings is 1. The molecule has 1 unspecified atom stereocenters. The van der Waals surface area contributed by atoms with Crippen LogP contribution in [-0.2, 0) is 11.2 Å². The summed E-state index contributed by atoms with van der Waals surface area (Å²) in [7, 11) is 0. The van der Waals surface area contributed by atoms with Gasteiger partial charge >= 0.3 is 0 Å². The lowest BCUT2D eigenvalue weighted by Gasteiger charge is -2.13. The molecule has 1 atom stereocenters. The summed E-state index contributed by atoms with van der Waals surface area (Å²) < 4.78 is 0. The van der Waals surface area contributed by atoms with Gasteiger partial charge in [0.15, 0.2) is 0 Å². The molecule has 0 heterocycles. The SMILES string of the molecule is CCCC(=O)NC(C)CCc1ccccc1. The van der Waals surface area contributed by atoms with Crippen LogP contribution in [0.25, 0.3) is 0 Å². The van der Waals surface area contributed by atoms with Crippen molar-refractivity contribution < 1.29 is 4.79 Å². The van der Waals surface area contributed by atoms with Crippen LogP contribution in [0.4, 0.5) is 0 Å². The average Bonchev–Trinajstić information content (AvgIpc) is 2.28. The van der Waals surface area contributed by atoms with E-state index in [1.165, 1.54) is 5.56 Å². The summed E-state index contributed by atoms with van der Waals surface area (Å²) in [5.41, 5.74) is 1.33. The maximum atomic E-state index is 11.4. The predicted octanol–water partition coefficient (Wildman–Crippen LogP) is 2.92. The Morgan fingerprint density at radius 3 is 2.62 bits per heavy atom. The molecule has 1 rings (SSSR count). The van der Waals surface area contributed by atoms with Gasteiger partial charge in [-0.1, -0.05) is 37.3 Å². The van der Waals surface area contributed by atoms with E-state index in [1.807, 2.05) is 13.0 Å². The number of rotatable bonds is 6. The van der Waals surface area contributed by atoms with Crippen molar-refractivity contribution in [3.8, 4) is 0 Å². The molecule has 1 aromatic carbocycles. The van der Waals surface area contributed by atoms with Gasteiger partial charge in [-0.05, 0) is 31.7 Å². The zero-order chi connectivity index (χ0) is 11.8.